The third-order valence-electron chi connectivity index (χ3n) is 3.07. The first-order chi connectivity index (χ1) is 8.47. The molecular formula is C14H18NO2P. The minimum Gasteiger partial charge on any atom is -0.390 e. The van der Waals surface area contributed by atoms with Crippen LogP contribution in [0.2, 0.25) is 0 Å². The number of benzene rings is 1. The van der Waals surface area contributed by atoms with E-state index in [0.29, 0.717) is 5.69 Å². The Kier molecular flexibility index (Phi) is 3.56. The molecule has 4 heteroatoms. The summed E-state index contributed by atoms with van der Waals surface area (Å²) in [5, 5.41) is 11.0. The average Bonchev–Trinajstić information content (AvgIpc) is 2.35. The SMILES string of the molecule is CCc1ccc2nc(CO)ccc2c1P(C)(C)=O. The van der Waals surface area contributed by atoms with E-state index in [1.807, 2.05) is 18.2 Å². The average molecular weight is 263 g/mol. The van der Waals surface area contributed by atoms with Crippen molar-refractivity contribution in [3.8, 4) is 0 Å². The first-order valence-electron chi connectivity index (χ1n) is 6.05. The van der Waals surface area contributed by atoms with Crippen molar-refractivity contribution >= 4 is 23.3 Å². The first-order valence-corrected chi connectivity index (χ1v) is 8.65. The number of fused-ring (bicyclic) bond motifs is 1. The second-order valence-corrected chi connectivity index (χ2v) is 7.95. The Balaban J connectivity index is 2.82. The summed E-state index contributed by atoms with van der Waals surface area (Å²) in [6.45, 7) is 5.58. The van der Waals surface area contributed by atoms with Gasteiger partial charge in [-0.05, 0) is 37.4 Å². The van der Waals surface area contributed by atoms with Gasteiger partial charge in [0.2, 0.25) is 0 Å². The van der Waals surface area contributed by atoms with Crippen molar-refractivity contribution in [1.29, 1.82) is 0 Å². The summed E-state index contributed by atoms with van der Waals surface area (Å²) in [5.41, 5.74) is 2.56. The Hall–Kier alpha value is -1.18. The van der Waals surface area contributed by atoms with Crippen LogP contribution in [0.3, 0.4) is 0 Å². The summed E-state index contributed by atoms with van der Waals surface area (Å²) < 4.78 is 12.5. The molecule has 0 radical (unpaired) electrons. The van der Waals surface area contributed by atoms with Crippen LogP contribution in [0.25, 0.3) is 10.9 Å². The minimum absolute atomic E-state index is 0.0727. The summed E-state index contributed by atoms with van der Waals surface area (Å²) in [4.78, 5) is 4.37. The zero-order chi connectivity index (χ0) is 13.3. The molecule has 0 bridgehead atoms. The van der Waals surface area contributed by atoms with E-state index in [1.165, 1.54) is 0 Å². The van der Waals surface area contributed by atoms with Gasteiger partial charge >= 0.3 is 0 Å². The molecule has 2 aromatic rings. The standard InChI is InChI=1S/C14H18NO2P/c1-4-10-5-8-13-12(14(10)18(2,3)17)7-6-11(9-16)15-13/h5-8,16H,4,9H2,1-3H3. The van der Waals surface area contributed by atoms with Crippen LogP contribution in [-0.4, -0.2) is 23.4 Å². The van der Waals surface area contributed by atoms with Crippen molar-refractivity contribution in [2.24, 2.45) is 0 Å². The van der Waals surface area contributed by atoms with E-state index < -0.39 is 7.14 Å². The summed E-state index contributed by atoms with van der Waals surface area (Å²) in [6, 6.07) is 7.64. The molecule has 3 nitrogen and oxygen atoms in total. The zero-order valence-electron chi connectivity index (χ0n) is 11.0. The Labute approximate surface area is 107 Å². The monoisotopic (exact) mass is 263 g/mol. The number of aliphatic hydroxyl groups is 1. The van der Waals surface area contributed by atoms with Crippen LogP contribution >= 0.6 is 7.14 Å². The molecule has 1 aromatic heterocycles. The summed E-state index contributed by atoms with van der Waals surface area (Å²) in [6.07, 6.45) is 0.860. The third-order valence-corrected chi connectivity index (χ3v) is 4.67. The molecule has 0 spiro atoms. The van der Waals surface area contributed by atoms with E-state index in [1.54, 1.807) is 19.4 Å². The molecule has 1 heterocycles. The Morgan fingerprint density at radius 1 is 1.22 bits per heavy atom. The highest BCUT2D eigenvalue weighted by Crippen LogP contribution is 2.39. The largest absolute Gasteiger partial charge is 0.390 e. The zero-order valence-corrected chi connectivity index (χ0v) is 11.9. The quantitative estimate of drug-likeness (QED) is 0.866. The van der Waals surface area contributed by atoms with Crippen LogP contribution in [0, 0.1) is 0 Å². The predicted molar refractivity (Wildman–Crippen MR) is 76.1 cm³/mol. The highest BCUT2D eigenvalue weighted by Gasteiger charge is 2.19. The maximum Gasteiger partial charge on any atom is 0.110 e. The topological polar surface area (TPSA) is 50.2 Å². The van der Waals surface area contributed by atoms with Crippen molar-refractivity contribution in [3.05, 3.63) is 35.5 Å². The van der Waals surface area contributed by atoms with Crippen molar-refractivity contribution in [3.63, 3.8) is 0 Å². The van der Waals surface area contributed by atoms with Gasteiger partial charge in [-0.2, -0.15) is 0 Å². The lowest BCUT2D eigenvalue weighted by Gasteiger charge is -2.15. The molecule has 1 aromatic carbocycles. The normalized spacial score (nSPS) is 12.0. The lowest BCUT2D eigenvalue weighted by Crippen LogP contribution is -2.12. The number of pyridine rings is 1. The number of aromatic nitrogens is 1. The fraction of sp³-hybridized carbons (Fsp3) is 0.357. The van der Waals surface area contributed by atoms with E-state index in [9.17, 15) is 4.57 Å². The van der Waals surface area contributed by atoms with Gasteiger partial charge in [-0.15, -0.1) is 0 Å². The van der Waals surface area contributed by atoms with Gasteiger partial charge in [-0.25, -0.2) is 0 Å². The molecule has 2 rings (SSSR count). The number of rotatable bonds is 3. The van der Waals surface area contributed by atoms with Crippen LogP contribution in [0.1, 0.15) is 18.2 Å². The van der Waals surface area contributed by atoms with Crippen LogP contribution in [0.4, 0.5) is 0 Å². The number of hydrogen-bond acceptors (Lipinski definition) is 3. The van der Waals surface area contributed by atoms with Gasteiger partial charge < -0.3 is 9.67 Å². The van der Waals surface area contributed by atoms with Gasteiger partial charge in [-0.3, -0.25) is 4.98 Å². The van der Waals surface area contributed by atoms with E-state index in [2.05, 4.69) is 11.9 Å². The number of aryl methyl sites for hydroxylation is 1. The highest BCUT2D eigenvalue weighted by molar-refractivity contribution is 7.70. The van der Waals surface area contributed by atoms with E-state index in [0.717, 1.165) is 28.2 Å². The minimum atomic E-state index is -2.34. The lowest BCUT2D eigenvalue weighted by atomic mass is 10.1. The van der Waals surface area contributed by atoms with E-state index in [-0.39, 0.29) is 6.61 Å². The lowest BCUT2D eigenvalue weighted by molar-refractivity contribution is 0.277. The molecule has 0 unspecified atom stereocenters. The smallest absolute Gasteiger partial charge is 0.110 e. The summed E-state index contributed by atoms with van der Waals surface area (Å²) in [5.74, 6) is 0. The third kappa shape index (κ3) is 2.33. The van der Waals surface area contributed by atoms with E-state index >= 15 is 0 Å². The molecule has 18 heavy (non-hydrogen) atoms. The van der Waals surface area contributed by atoms with Gasteiger partial charge in [0.1, 0.15) is 7.14 Å². The Bertz CT molecular complexity index is 631. The number of nitrogens with zero attached hydrogens (tertiary/aromatic N) is 1. The second-order valence-electron chi connectivity index (χ2n) is 4.81. The van der Waals surface area contributed by atoms with E-state index in [4.69, 9.17) is 5.11 Å². The van der Waals surface area contributed by atoms with Gasteiger partial charge in [-0.1, -0.05) is 19.1 Å². The summed E-state index contributed by atoms with van der Waals surface area (Å²) in [7, 11) is -2.34. The fourth-order valence-electron chi connectivity index (χ4n) is 2.29. The molecule has 0 aliphatic carbocycles. The van der Waals surface area contributed by atoms with Gasteiger partial charge in [0.05, 0.1) is 17.8 Å². The summed E-state index contributed by atoms with van der Waals surface area (Å²) >= 11 is 0. The first kappa shape index (κ1) is 13.3. The van der Waals surface area contributed by atoms with Crippen LogP contribution in [0.15, 0.2) is 24.3 Å². The molecule has 0 amide bonds. The predicted octanol–water partition coefficient (Wildman–Crippen LogP) is 2.54. The number of hydrogen-bond donors (Lipinski definition) is 1. The van der Waals surface area contributed by atoms with Crippen molar-refractivity contribution in [1.82, 2.24) is 4.98 Å². The Morgan fingerprint density at radius 3 is 2.50 bits per heavy atom. The molecule has 0 saturated carbocycles. The maximum atomic E-state index is 12.5. The van der Waals surface area contributed by atoms with Crippen LogP contribution in [-0.2, 0) is 17.6 Å². The van der Waals surface area contributed by atoms with Crippen molar-refractivity contribution < 1.29 is 9.67 Å². The molecular weight excluding hydrogens is 245 g/mol. The molecule has 0 atom stereocenters. The number of aliphatic hydroxyl groups excluding tert-OH is 1. The Morgan fingerprint density at radius 2 is 1.94 bits per heavy atom. The molecule has 1 N–H and O–H groups in total. The van der Waals surface area contributed by atoms with Gasteiger partial charge in [0.15, 0.2) is 0 Å². The second kappa shape index (κ2) is 4.83. The van der Waals surface area contributed by atoms with Crippen molar-refractivity contribution in [2.75, 3.05) is 13.3 Å². The van der Waals surface area contributed by atoms with Crippen LogP contribution in [0.5, 0.6) is 0 Å². The van der Waals surface area contributed by atoms with Gasteiger partial charge in [0, 0.05) is 10.7 Å². The highest BCUT2D eigenvalue weighted by atomic mass is 31.2. The molecule has 0 fully saturated rings. The van der Waals surface area contributed by atoms with Crippen molar-refractivity contribution in [2.45, 2.75) is 20.0 Å². The van der Waals surface area contributed by atoms with Crippen LogP contribution < -0.4 is 5.30 Å². The molecule has 0 aliphatic rings. The van der Waals surface area contributed by atoms with Gasteiger partial charge in [0.25, 0.3) is 0 Å². The molecule has 0 saturated heterocycles. The molecule has 96 valence electrons. The fourth-order valence-corrected chi connectivity index (χ4v) is 3.98. The maximum absolute atomic E-state index is 12.5. The molecule has 0 aliphatic heterocycles.